The van der Waals surface area contributed by atoms with Crippen LogP contribution < -0.4 is 5.32 Å². The van der Waals surface area contributed by atoms with Crippen LogP contribution in [-0.4, -0.2) is 62.1 Å². The van der Waals surface area contributed by atoms with Gasteiger partial charge in [-0.2, -0.15) is 0 Å². The number of likely N-dealkylation sites (tertiary alicyclic amines) is 1. The predicted molar refractivity (Wildman–Crippen MR) is 60.4 cm³/mol. The van der Waals surface area contributed by atoms with E-state index in [9.17, 15) is 18.0 Å². The number of nitrogens with zero attached hydrogens (tertiary/aromatic N) is 1. The first-order chi connectivity index (χ1) is 7.79. The van der Waals surface area contributed by atoms with Crippen LogP contribution in [0.1, 0.15) is 6.42 Å². The summed E-state index contributed by atoms with van der Waals surface area (Å²) in [4.78, 5) is 23.3. The van der Waals surface area contributed by atoms with Gasteiger partial charge in [-0.05, 0) is 6.42 Å². The molecule has 98 valence electrons. The van der Waals surface area contributed by atoms with E-state index in [-0.39, 0.29) is 31.4 Å². The summed E-state index contributed by atoms with van der Waals surface area (Å²) >= 11 is 0. The van der Waals surface area contributed by atoms with Gasteiger partial charge in [0.15, 0.2) is 0 Å². The van der Waals surface area contributed by atoms with E-state index in [0.29, 0.717) is 6.42 Å². The Bertz CT molecular complexity index is 400. The second kappa shape index (κ2) is 5.35. The Hall–Kier alpha value is -1.31. The molecule has 0 bridgehead atoms. The topological polar surface area (TPSA) is 104 Å². The number of nitrogens with one attached hydrogen (secondary N) is 1. The van der Waals surface area contributed by atoms with Crippen molar-refractivity contribution in [2.75, 3.05) is 31.6 Å². The molecule has 1 aliphatic heterocycles. The van der Waals surface area contributed by atoms with Crippen LogP contribution in [0.4, 0.5) is 4.79 Å². The number of aliphatic carboxylic acids is 1. The summed E-state index contributed by atoms with van der Waals surface area (Å²) < 4.78 is 21.6. The van der Waals surface area contributed by atoms with Crippen LogP contribution in [0.5, 0.6) is 0 Å². The van der Waals surface area contributed by atoms with Crippen molar-refractivity contribution in [3.63, 3.8) is 0 Å². The van der Waals surface area contributed by atoms with Gasteiger partial charge in [0.2, 0.25) is 0 Å². The number of sulfone groups is 1. The first kappa shape index (κ1) is 13.8. The van der Waals surface area contributed by atoms with Crippen LogP contribution in [0.25, 0.3) is 0 Å². The number of carboxylic acid groups (broad SMARTS) is 1. The van der Waals surface area contributed by atoms with Crippen LogP contribution in [0, 0.1) is 5.92 Å². The van der Waals surface area contributed by atoms with Gasteiger partial charge in [-0.25, -0.2) is 13.2 Å². The van der Waals surface area contributed by atoms with Crippen molar-refractivity contribution in [2.45, 2.75) is 6.42 Å². The molecule has 2 amide bonds. The lowest BCUT2D eigenvalue weighted by molar-refractivity contribution is -0.146. The largest absolute Gasteiger partial charge is 0.481 e. The summed E-state index contributed by atoms with van der Waals surface area (Å²) in [7, 11) is -3.00. The molecule has 0 aromatic heterocycles. The van der Waals surface area contributed by atoms with E-state index in [1.807, 2.05) is 0 Å². The minimum absolute atomic E-state index is 0.0328. The number of urea groups is 1. The molecular weight excluding hydrogens is 248 g/mol. The predicted octanol–water partition coefficient (Wildman–Crippen LogP) is -0.853. The molecule has 1 aliphatic rings. The number of amides is 2. The van der Waals surface area contributed by atoms with E-state index >= 15 is 0 Å². The highest BCUT2D eigenvalue weighted by atomic mass is 32.2. The Morgan fingerprint density at radius 3 is 2.47 bits per heavy atom. The van der Waals surface area contributed by atoms with Crippen LogP contribution in [0.2, 0.25) is 0 Å². The zero-order valence-corrected chi connectivity index (χ0v) is 10.4. The highest BCUT2D eigenvalue weighted by Gasteiger charge is 2.35. The van der Waals surface area contributed by atoms with E-state index in [4.69, 9.17) is 5.11 Å². The fourth-order valence-corrected chi connectivity index (χ4v) is 2.11. The Kier molecular flexibility index (Phi) is 4.33. The first-order valence-corrected chi connectivity index (χ1v) is 7.29. The zero-order valence-electron chi connectivity index (χ0n) is 9.55. The van der Waals surface area contributed by atoms with E-state index in [1.165, 1.54) is 4.90 Å². The fourth-order valence-electron chi connectivity index (χ4n) is 1.44. The molecule has 0 spiro atoms. The van der Waals surface area contributed by atoms with Crippen LogP contribution in [0.3, 0.4) is 0 Å². The minimum atomic E-state index is -3.00. The van der Waals surface area contributed by atoms with Crippen molar-refractivity contribution < 1.29 is 23.1 Å². The third-order valence-corrected chi connectivity index (χ3v) is 3.52. The molecule has 0 aromatic carbocycles. The molecule has 0 aliphatic carbocycles. The summed E-state index contributed by atoms with van der Waals surface area (Å²) in [6.07, 6.45) is 1.50. The Balaban J connectivity index is 2.13. The summed E-state index contributed by atoms with van der Waals surface area (Å²) in [5, 5.41) is 11.2. The summed E-state index contributed by atoms with van der Waals surface area (Å²) in [6.45, 7) is 0.709. The lowest BCUT2D eigenvalue weighted by Crippen LogP contribution is -2.56. The molecular formula is C9H16N2O5S. The Morgan fingerprint density at radius 1 is 1.41 bits per heavy atom. The van der Waals surface area contributed by atoms with Gasteiger partial charge in [0, 0.05) is 25.9 Å². The molecule has 0 radical (unpaired) electrons. The van der Waals surface area contributed by atoms with Gasteiger partial charge in [-0.15, -0.1) is 0 Å². The Labute approximate surface area is 99.7 Å². The van der Waals surface area contributed by atoms with Gasteiger partial charge in [0.25, 0.3) is 0 Å². The van der Waals surface area contributed by atoms with Crippen LogP contribution >= 0.6 is 0 Å². The van der Waals surface area contributed by atoms with Crippen molar-refractivity contribution in [2.24, 2.45) is 5.92 Å². The van der Waals surface area contributed by atoms with E-state index in [2.05, 4.69) is 5.32 Å². The van der Waals surface area contributed by atoms with Crippen molar-refractivity contribution in [3.05, 3.63) is 0 Å². The smallest absolute Gasteiger partial charge is 0.317 e. The van der Waals surface area contributed by atoms with Crippen molar-refractivity contribution >= 4 is 21.8 Å². The number of rotatable bonds is 5. The van der Waals surface area contributed by atoms with Gasteiger partial charge in [-0.3, -0.25) is 4.79 Å². The maximum absolute atomic E-state index is 11.4. The number of carbonyl (C=O) groups is 2. The van der Waals surface area contributed by atoms with E-state index < -0.39 is 21.7 Å². The van der Waals surface area contributed by atoms with Gasteiger partial charge in [0.1, 0.15) is 9.84 Å². The lowest BCUT2D eigenvalue weighted by Gasteiger charge is -2.36. The molecule has 0 saturated carbocycles. The average molecular weight is 264 g/mol. The summed E-state index contributed by atoms with van der Waals surface area (Å²) in [5.41, 5.74) is 0. The normalized spacial score (nSPS) is 16.4. The third-order valence-electron chi connectivity index (χ3n) is 2.49. The van der Waals surface area contributed by atoms with Gasteiger partial charge < -0.3 is 15.3 Å². The number of carboxylic acids is 1. The van der Waals surface area contributed by atoms with Crippen LogP contribution in [-0.2, 0) is 14.6 Å². The highest BCUT2D eigenvalue weighted by Crippen LogP contribution is 2.14. The summed E-state index contributed by atoms with van der Waals surface area (Å²) in [6, 6.07) is -0.337. The number of hydrogen-bond donors (Lipinski definition) is 2. The SMILES string of the molecule is CS(=O)(=O)CCCNC(=O)N1CC(C(=O)O)C1. The maximum atomic E-state index is 11.4. The molecule has 1 saturated heterocycles. The molecule has 0 unspecified atom stereocenters. The second-order valence-corrected chi connectivity index (χ2v) is 6.42. The fraction of sp³-hybridized carbons (Fsp3) is 0.778. The number of carbonyl (C=O) groups excluding carboxylic acids is 1. The van der Waals surface area contributed by atoms with Crippen molar-refractivity contribution in [3.8, 4) is 0 Å². The van der Waals surface area contributed by atoms with Gasteiger partial charge in [0.05, 0.1) is 11.7 Å². The van der Waals surface area contributed by atoms with Crippen LogP contribution in [0.15, 0.2) is 0 Å². The van der Waals surface area contributed by atoms with Crippen molar-refractivity contribution in [1.82, 2.24) is 10.2 Å². The molecule has 7 nitrogen and oxygen atoms in total. The standard InChI is InChI=1S/C9H16N2O5S/c1-17(15,16)4-2-3-10-9(14)11-5-7(6-11)8(12)13/h7H,2-6H2,1H3,(H,10,14)(H,12,13). The minimum Gasteiger partial charge on any atom is -0.481 e. The quantitative estimate of drug-likeness (QED) is 0.629. The molecule has 1 heterocycles. The molecule has 8 heteroatoms. The summed E-state index contributed by atoms with van der Waals surface area (Å²) in [5.74, 6) is -1.34. The van der Waals surface area contributed by atoms with E-state index in [0.717, 1.165) is 6.26 Å². The molecule has 1 rings (SSSR count). The Morgan fingerprint density at radius 2 is 2.00 bits per heavy atom. The highest BCUT2D eigenvalue weighted by molar-refractivity contribution is 7.90. The lowest BCUT2D eigenvalue weighted by atomic mass is 10.0. The zero-order chi connectivity index (χ0) is 13.1. The number of hydrogen-bond acceptors (Lipinski definition) is 4. The second-order valence-electron chi connectivity index (χ2n) is 4.16. The third kappa shape index (κ3) is 4.59. The molecule has 0 atom stereocenters. The molecule has 0 aromatic rings. The van der Waals surface area contributed by atoms with E-state index in [1.54, 1.807) is 0 Å². The molecule has 1 fully saturated rings. The van der Waals surface area contributed by atoms with Gasteiger partial charge in [-0.1, -0.05) is 0 Å². The molecule has 2 N–H and O–H groups in total. The van der Waals surface area contributed by atoms with Gasteiger partial charge >= 0.3 is 12.0 Å². The molecule has 17 heavy (non-hydrogen) atoms. The first-order valence-electron chi connectivity index (χ1n) is 5.23. The average Bonchev–Trinajstić information content (AvgIpc) is 2.07. The van der Waals surface area contributed by atoms with Crippen molar-refractivity contribution in [1.29, 1.82) is 0 Å². The maximum Gasteiger partial charge on any atom is 0.317 e. The monoisotopic (exact) mass is 264 g/mol.